The summed E-state index contributed by atoms with van der Waals surface area (Å²) in [6.07, 6.45) is 1.94. The fourth-order valence-electron chi connectivity index (χ4n) is 2.80. The Morgan fingerprint density at radius 3 is 2.38 bits per heavy atom. The highest BCUT2D eigenvalue weighted by molar-refractivity contribution is 5.71. The van der Waals surface area contributed by atoms with Crippen molar-refractivity contribution >= 4 is 5.97 Å². The van der Waals surface area contributed by atoms with Gasteiger partial charge < -0.3 is 4.74 Å². The number of rotatable bonds is 8. The Hall–Kier alpha value is -2.92. The molecule has 0 aliphatic carbocycles. The van der Waals surface area contributed by atoms with Crippen molar-refractivity contribution in [1.82, 2.24) is 14.7 Å². The van der Waals surface area contributed by atoms with Gasteiger partial charge in [0.1, 0.15) is 0 Å². The molecule has 0 spiro atoms. The Morgan fingerprint density at radius 2 is 1.69 bits per heavy atom. The number of benzene rings is 2. The first kappa shape index (κ1) is 17.9. The number of aromatic nitrogens is 2. The molecule has 5 nitrogen and oxygen atoms in total. The minimum atomic E-state index is -0.217. The zero-order valence-corrected chi connectivity index (χ0v) is 14.9. The van der Waals surface area contributed by atoms with Crippen molar-refractivity contribution in [2.24, 2.45) is 0 Å². The highest BCUT2D eigenvalue weighted by Gasteiger charge is 2.14. The Kier molecular flexibility index (Phi) is 6.17. The average Bonchev–Trinajstić information content (AvgIpc) is 3.12. The molecule has 0 saturated carbocycles. The predicted octanol–water partition coefficient (Wildman–Crippen LogP) is 3.44. The SMILES string of the molecule is CCOC(=O)CN(Cc1ccccc1)Cc1ccn(-c2ccccc2)n1. The second kappa shape index (κ2) is 8.97. The molecule has 1 aromatic heterocycles. The predicted molar refractivity (Wildman–Crippen MR) is 101 cm³/mol. The van der Waals surface area contributed by atoms with Gasteiger partial charge in [-0.1, -0.05) is 48.5 Å². The zero-order chi connectivity index (χ0) is 18.2. The lowest BCUT2D eigenvalue weighted by atomic mass is 10.2. The van der Waals surface area contributed by atoms with E-state index in [0.717, 1.165) is 16.9 Å². The van der Waals surface area contributed by atoms with Crippen LogP contribution < -0.4 is 0 Å². The van der Waals surface area contributed by atoms with Crippen LogP contribution in [0.5, 0.6) is 0 Å². The largest absolute Gasteiger partial charge is 0.465 e. The highest BCUT2D eigenvalue weighted by Crippen LogP contribution is 2.11. The summed E-state index contributed by atoms with van der Waals surface area (Å²) in [5.41, 5.74) is 3.08. The summed E-state index contributed by atoms with van der Waals surface area (Å²) in [4.78, 5) is 14.0. The quantitative estimate of drug-likeness (QED) is 0.585. The van der Waals surface area contributed by atoms with Crippen molar-refractivity contribution < 1.29 is 9.53 Å². The fourth-order valence-corrected chi connectivity index (χ4v) is 2.80. The lowest BCUT2D eigenvalue weighted by Crippen LogP contribution is -2.30. The van der Waals surface area contributed by atoms with Gasteiger partial charge in [0.15, 0.2) is 0 Å². The van der Waals surface area contributed by atoms with Crippen molar-refractivity contribution in [2.45, 2.75) is 20.0 Å². The third-order valence-electron chi connectivity index (χ3n) is 3.96. The molecular formula is C21H23N3O2. The molecule has 0 saturated heterocycles. The van der Waals surface area contributed by atoms with Crippen molar-refractivity contribution in [3.63, 3.8) is 0 Å². The molecule has 5 heteroatoms. The maximum absolute atomic E-state index is 12.0. The number of para-hydroxylation sites is 1. The minimum Gasteiger partial charge on any atom is -0.465 e. The van der Waals surface area contributed by atoms with E-state index >= 15 is 0 Å². The Morgan fingerprint density at radius 1 is 1.00 bits per heavy atom. The molecule has 134 valence electrons. The Bertz CT molecular complexity index is 816. The van der Waals surface area contributed by atoms with E-state index in [9.17, 15) is 4.79 Å². The van der Waals surface area contributed by atoms with E-state index < -0.39 is 0 Å². The van der Waals surface area contributed by atoms with Crippen molar-refractivity contribution in [1.29, 1.82) is 0 Å². The van der Waals surface area contributed by atoms with Gasteiger partial charge in [-0.3, -0.25) is 9.69 Å². The van der Waals surface area contributed by atoms with Gasteiger partial charge >= 0.3 is 5.97 Å². The molecule has 3 rings (SSSR count). The normalized spacial score (nSPS) is 10.8. The van der Waals surface area contributed by atoms with Gasteiger partial charge in [0, 0.05) is 19.3 Å². The maximum Gasteiger partial charge on any atom is 0.320 e. The van der Waals surface area contributed by atoms with E-state index in [-0.39, 0.29) is 12.5 Å². The second-order valence-corrected chi connectivity index (χ2v) is 6.02. The molecule has 0 unspecified atom stereocenters. The number of carbonyl (C=O) groups excluding carboxylic acids is 1. The topological polar surface area (TPSA) is 47.4 Å². The summed E-state index contributed by atoms with van der Waals surface area (Å²) < 4.78 is 6.96. The van der Waals surface area contributed by atoms with E-state index in [1.807, 2.05) is 77.3 Å². The van der Waals surface area contributed by atoms with Gasteiger partial charge in [0.25, 0.3) is 0 Å². The van der Waals surface area contributed by atoms with Crippen LogP contribution in [0.4, 0.5) is 0 Å². The van der Waals surface area contributed by atoms with Gasteiger partial charge in [0.2, 0.25) is 0 Å². The van der Waals surface area contributed by atoms with Crippen LogP contribution in [-0.4, -0.2) is 33.8 Å². The van der Waals surface area contributed by atoms with Crippen LogP contribution in [0.15, 0.2) is 72.9 Å². The molecule has 0 fully saturated rings. The van der Waals surface area contributed by atoms with Gasteiger partial charge in [-0.05, 0) is 30.7 Å². The molecule has 0 atom stereocenters. The van der Waals surface area contributed by atoms with Crippen LogP contribution in [0.3, 0.4) is 0 Å². The monoisotopic (exact) mass is 349 g/mol. The van der Waals surface area contributed by atoms with E-state index in [2.05, 4.69) is 17.2 Å². The zero-order valence-electron chi connectivity index (χ0n) is 14.9. The summed E-state index contributed by atoms with van der Waals surface area (Å²) in [7, 11) is 0. The van der Waals surface area contributed by atoms with E-state index in [4.69, 9.17) is 4.74 Å². The van der Waals surface area contributed by atoms with Crippen LogP contribution >= 0.6 is 0 Å². The van der Waals surface area contributed by atoms with Crippen LogP contribution in [0, 0.1) is 0 Å². The second-order valence-electron chi connectivity index (χ2n) is 6.02. The number of ether oxygens (including phenoxy) is 1. The molecule has 0 N–H and O–H groups in total. The standard InChI is InChI=1S/C21H23N3O2/c1-2-26-21(25)17-23(15-18-9-5-3-6-10-18)16-19-13-14-24(22-19)20-11-7-4-8-12-20/h3-14H,2,15-17H2,1H3. The Balaban J connectivity index is 1.72. The van der Waals surface area contributed by atoms with Crippen LogP contribution in [-0.2, 0) is 22.6 Å². The van der Waals surface area contributed by atoms with Crippen molar-refractivity contribution in [2.75, 3.05) is 13.2 Å². The molecule has 3 aromatic rings. The van der Waals surface area contributed by atoms with Crippen molar-refractivity contribution in [3.05, 3.63) is 84.2 Å². The molecule has 0 aliphatic heterocycles. The smallest absolute Gasteiger partial charge is 0.320 e. The number of hydrogen-bond acceptors (Lipinski definition) is 4. The Labute approximate surface area is 153 Å². The van der Waals surface area contributed by atoms with Crippen molar-refractivity contribution in [3.8, 4) is 5.69 Å². The summed E-state index contributed by atoms with van der Waals surface area (Å²) in [5.74, 6) is -0.217. The fraction of sp³-hybridized carbons (Fsp3) is 0.238. The molecule has 0 aliphatic rings. The number of carbonyl (C=O) groups is 1. The first-order valence-electron chi connectivity index (χ1n) is 8.76. The molecule has 26 heavy (non-hydrogen) atoms. The van der Waals surface area contributed by atoms with E-state index in [0.29, 0.717) is 19.7 Å². The molecule has 1 heterocycles. The molecule has 0 bridgehead atoms. The molecule has 0 radical (unpaired) electrons. The van der Waals surface area contributed by atoms with E-state index in [1.54, 1.807) is 0 Å². The van der Waals surface area contributed by atoms with Crippen LogP contribution in [0.1, 0.15) is 18.2 Å². The highest BCUT2D eigenvalue weighted by atomic mass is 16.5. The van der Waals surface area contributed by atoms with Gasteiger partial charge in [-0.25, -0.2) is 4.68 Å². The van der Waals surface area contributed by atoms with E-state index in [1.165, 1.54) is 0 Å². The summed E-state index contributed by atoms with van der Waals surface area (Å²) in [6, 6.07) is 22.1. The summed E-state index contributed by atoms with van der Waals surface area (Å²) >= 11 is 0. The molecule has 2 aromatic carbocycles. The number of esters is 1. The first-order chi connectivity index (χ1) is 12.7. The first-order valence-corrected chi connectivity index (χ1v) is 8.76. The summed E-state index contributed by atoms with van der Waals surface area (Å²) in [5, 5.41) is 4.64. The molecule has 0 amide bonds. The lowest BCUT2D eigenvalue weighted by Gasteiger charge is -2.20. The lowest BCUT2D eigenvalue weighted by molar-refractivity contribution is -0.144. The van der Waals surface area contributed by atoms with Crippen LogP contribution in [0.2, 0.25) is 0 Å². The van der Waals surface area contributed by atoms with Crippen LogP contribution in [0.25, 0.3) is 5.69 Å². The number of hydrogen-bond donors (Lipinski definition) is 0. The minimum absolute atomic E-state index is 0.217. The van der Waals surface area contributed by atoms with Gasteiger partial charge in [-0.2, -0.15) is 5.10 Å². The third kappa shape index (κ3) is 5.04. The maximum atomic E-state index is 12.0. The average molecular weight is 349 g/mol. The van der Waals surface area contributed by atoms with Gasteiger partial charge in [0.05, 0.1) is 24.5 Å². The van der Waals surface area contributed by atoms with Gasteiger partial charge in [-0.15, -0.1) is 0 Å². The molecular weight excluding hydrogens is 326 g/mol. The third-order valence-corrected chi connectivity index (χ3v) is 3.96. The number of nitrogens with zero attached hydrogens (tertiary/aromatic N) is 3. The summed E-state index contributed by atoms with van der Waals surface area (Å²) in [6.45, 7) is 3.69.